The van der Waals surface area contributed by atoms with Crippen LogP contribution < -0.4 is 15.4 Å². The topological polar surface area (TPSA) is 178 Å². The summed E-state index contributed by atoms with van der Waals surface area (Å²) in [6.45, 7) is 9.30. The zero-order chi connectivity index (χ0) is 56.5. The van der Waals surface area contributed by atoms with Gasteiger partial charge in [-0.3, -0.25) is 28.8 Å². The molecule has 0 aromatic heterocycles. The Hall–Kier alpha value is -7.45. The average Bonchev–Trinajstić information content (AvgIpc) is 3.45. The molecule has 0 saturated heterocycles. The number of esters is 1. The van der Waals surface area contributed by atoms with Gasteiger partial charge < -0.3 is 34.6 Å². The fourth-order valence-electron chi connectivity index (χ4n) is 10.0. The van der Waals surface area contributed by atoms with Gasteiger partial charge in [0.2, 0.25) is 17.7 Å². The van der Waals surface area contributed by atoms with Crippen LogP contribution in [0.5, 0.6) is 5.75 Å². The van der Waals surface area contributed by atoms with Gasteiger partial charge in [0.05, 0.1) is 33.5 Å². The molecule has 0 radical (unpaired) electrons. The van der Waals surface area contributed by atoms with Gasteiger partial charge in [-0.25, -0.2) is 4.79 Å². The molecule has 2 N–H and O–H groups in total. The van der Waals surface area contributed by atoms with Crippen molar-refractivity contribution in [1.82, 2.24) is 20.4 Å². The summed E-state index contributed by atoms with van der Waals surface area (Å²) in [7, 11) is 5.87. The van der Waals surface area contributed by atoms with Gasteiger partial charge in [0.1, 0.15) is 23.9 Å². The normalized spacial score (nSPS) is 16.6. The van der Waals surface area contributed by atoms with E-state index in [-0.39, 0.29) is 32.5 Å². The molecular formula is C64H78N4O10. The van der Waals surface area contributed by atoms with E-state index in [1.165, 1.54) is 36.6 Å². The maximum atomic E-state index is 15.1. The minimum absolute atomic E-state index is 0.139. The molecule has 1 heterocycles. The summed E-state index contributed by atoms with van der Waals surface area (Å²) >= 11 is 0. The molecule has 14 heteroatoms. The largest absolute Gasteiger partial charge is 0.496 e. The lowest BCUT2D eigenvalue weighted by Crippen LogP contribution is -2.53. The third-order valence-corrected chi connectivity index (χ3v) is 14.9. The summed E-state index contributed by atoms with van der Waals surface area (Å²) in [5.41, 5.74) is 8.02. The van der Waals surface area contributed by atoms with Gasteiger partial charge in [-0.05, 0) is 102 Å². The van der Waals surface area contributed by atoms with Crippen LogP contribution in [0.2, 0.25) is 0 Å². The van der Waals surface area contributed by atoms with Crippen LogP contribution >= 0.6 is 0 Å². The molecule has 0 aliphatic carbocycles. The van der Waals surface area contributed by atoms with Crippen LogP contribution in [0.3, 0.4) is 0 Å². The number of likely N-dealkylation sites (N-methyl/N-ethyl adjacent to an activating group) is 2. The molecule has 5 aromatic rings. The Kier molecular flexibility index (Phi) is 22.1. The SMILES string of the molecule is CCCCC[C@H](CC(=O)[C@@H](C)NC(=O)[C@@H](COCc1ccccc1)N(C)C(=O)c1ccc(-c2ccc(CCCC)cc2)cc1)C(=O)N(C)[C@@H]1C(=O)C[C@@H](C)C(=O)N[C@H](C(=O)OC)Cc2ccc(C)c(c2)-c2cc1ccc2OC. The number of nitrogens with zero attached hydrogens (tertiary/aromatic N) is 2. The lowest BCUT2D eigenvalue weighted by atomic mass is 9.87. The van der Waals surface area contributed by atoms with Crippen LogP contribution in [0, 0.1) is 18.8 Å². The Labute approximate surface area is 460 Å². The quantitative estimate of drug-likeness (QED) is 0.0473. The molecular weight excluding hydrogens is 985 g/mol. The number of aryl methyl sites for hydroxylation is 2. The monoisotopic (exact) mass is 1060 g/mol. The molecule has 0 saturated carbocycles. The van der Waals surface area contributed by atoms with Crippen molar-refractivity contribution in [3.8, 4) is 28.0 Å². The number of amides is 4. The summed E-state index contributed by atoms with van der Waals surface area (Å²) in [4.78, 5) is 102. The van der Waals surface area contributed by atoms with Gasteiger partial charge in [-0.15, -0.1) is 0 Å². The van der Waals surface area contributed by atoms with Crippen molar-refractivity contribution < 1.29 is 47.8 Å². The van der Waals surface area contributed by atoms with Crippen LogP contribution in [-0.2, 0) is 57.7 Å². The first-order valence-corrected chi connectivity index (χ1v) is 27.3. The molecule has 6 atom stereocenters. The highest BCUT2D eigenvalue weighted by atomic mass is 16.5. The minimum atomic E-state index is -1.19. The standard InChI is InChI=1S/C64H78N4O10/c1-10-12-15-21-51(63(74)68(7)59-50-32-33-58(76-8)53(37-50)52-35-46(23-22-41(52)3)36-54(64(75)77-9)66-60(71)42(4)34-57(59)70)38-56(69)43(5)65-61(72)55(40-78-39-45-19-16-14-17-20-45)67(6)62(73)49-30-28-48(29-31-49)47-26-24-44(25-27-47)18-13-11-2/h14,16-17,19-20,22-33,35,37,42-43,51,54-55,59H,10-13,15,18,21,34,36,38-40H2,1-9H3,(H,65,72)(H,66,71)/t42-,43-,51-,54+,55-,59+/m1/s1. The second-order valence-corrected chi connectivity index (χ2v) is 20.7. The first-order chi connectivity index (χ1) is 37.5. The van der Waals surface area contributed by atoms with E-state index in [0.29, 0.717) is 35.3 Å². The number of fused-ring (bicyclic) bond motifs is 5. The van der Waals surface area contributed by atoms with E-state index in [4.69, 9.17) is 14.2 Å². The van der Waals surface area contributed by atoms with Crippen molar-refractivity contribution in [3.05, 3.63) is 149 Å². The molecule has 0 spiro atoms. The third kappa shape index (κ3) is 15.6. The Morgan fingerprint density at radius 2 is 1.45 bits per heavy atom. The maximum Gasteiger partial charge on any atom is 0.328 e. The van der Waals surface area contributed by atoms with Gasteiger partial charge >= 0.3 is 5.97 Å². The Morgan fingerprint density at radius 3 is 2.10 bits per heavy atom. The molecule has 414 valence electrons. The first-order valence-electron chi connectivity index (χ1n) is 27.3. The predicted molar refractivity (Wildman–Crippen MR) is 302 cm³/mol. The lowest BCUT2D eigenvalue weighted by molar-refractivity contribution is -0.146. The number of benzene rings is 5. The molecule has 0 unspecified atom stereocenters. The summed E-state index contributed by atoms with van der Waals surface area (Å²) < 4.78 is 17.0. The van der Waals surface area contributed by atoms with Crippen LogP contribution in [0.15, 0.2) is 115 Å². The zero-order valence-electron chi connectivity index (χ0n) is 46.9. The Bertz CT molecular complexity index is 2870. The van der Waals surface area contributed by atoms with Gasteiger partial charge in [-0.2, -0.15) is 0 Å². The van der Waals surface area contributed by atoms with Crippen LogP contribution in [0.4, 0.5) is 0 Å². The summed E-state index contributed by atoms with van der Waals surface area (Å²) in [6, 6.07) is 31.7. The highest BCUT2D eigenvalue weighted by molar-refractivity contribution is 6.00. The van der Waals surface area contributed by atoms with Crippen molar-refractivity contribution in [2.75, 3.05) is 34.9 Å². The number of nitrogens with one attached hydrogen (secondary N) is 2. The van der Waals surface area contributed by atoms with Gasteiger partial charge in [0.15, 0.2) is 11.6 Å². The summed E-state index contributed by atoms with van der Waals surface area (Å²) in [5, 5.41) is 5.64. The highest BCUT2D eigenvalue weighted by Gasteiger charge is 2.37. The van der Waals surface area contributed by atoms with Crippen LogP contribution in [-0.4, -0.2) is 104 Å². The Balaban J connectivity index is 1.25. The number of ether oxygens (including phenoxy) is 3. The van der Waals surface area contributed by atoms with Crippen molar-refractivity contribution in [2.45, 2.75) is 130 Å². The van der Waals surface area contributed by atoms with Crippen LogP contribution in [0.25, 0.3) is 22.3 Å². The Morgan fingerprint density at radius 1 is 0.769 bits per heavy atom. The van der Waals surface area contributed by atoms with E-state index in [1.807, 2.05) is 80.6 Å². The number of ketones is 2. The van der Waals surface area contributed by atoms with Gasteiger partial charge in [0, 0.05) is 56.3 Å². The smallest absolute Gasteiger partial charge is 0.328 e. The number of rotatable bonds is 23. The minimum Gasteiger partial charge on any atom is -0.496 e. The number of Topliss-reactive ketones (excluding diaryl/α,β-unsaturated/α-hetero) is 2. The number of carbonyl (C=O) groups is 7. The predicted octanol–water partition coefficient (Wildman–Crippen LogP) is 10.0. The first kappa shape index (κ1) is 59.8. The second-order valence-electron chi connectivity index (χ2n) is 20.7. The number of hydrogen-bond acceptors (Lipinski definition) is 10. The molecule has 78 heavy (non-hydrogen) atoms. The highest BCUT2D eigenvalue weighted by Crippen LogP contribution is 2.38. The number of hydrogen-bond donors (Lipinski definition) is 2. The number of carbonyl (C=O) groups excluding carboxylic acids is 7. The number of methoxy groups -OCH3 is 2. The van der Waals surface area contributed by atoms with E-state index in [2.05, 4.69) is 41.8 Å². The van der Waals surface area contributed by atoms with Crippen molar-refractivity contribution in [1.29, 1.82) is 0 Å². The molecule has 1 aliphatic rings. The van der Waals surface area contributed by atoms with Crippen molar-refractivity contribution in [2.24, 2.45) is 11.8 Å². The fourth-order valence-corrected chi connectivity index (χ4v) is 10.0. The fraction of sp³-hybridized carbons (Fsp3) is 0.422. The average molecular weight is 1060 g/mol. The summed E-state index contributed by atoms with van der Waals surface area (Å²) in [6.07, 6.45) is 5.46. The van der Waals surface area contributed by atoms with E-state index in [9.17, 15) is 28.8 Å². The molecule has 0 fully saturated rings. The van der Waals surface area contributed by atoms with E-state index in [1.54, 1.807) is 45.2 Å². The van der Waals surface area contributed by atoms with Gasteiger partial charge in [-0.1, -0.05) is 137 Å². The van der Waals surface area contributed by atoms with Crippen LogP contribution in [0.1, 0.15) is 123 Å². The van der Waals surface area contributed by atoms with Crippen molar-refractivity contribution in [3.63, 3.8) is 0 Å². The summed E-state index contributed by atoms with van der Waals surface area (Å²) in [5.74, 6) is -4.75. The molecule has 4 bridgehead atoms. The molecule has 14 nitrogen and oxygen atoms in total. The van der Waals surface area contributed by atoms with Gasteiger partial charge in [0.25, 0.3) is 5.91 Å². The van der Waals surface area contributed by atoms with E-state index < -0.39 is 77.2 Å². The van der Waals surface area contributed by atoms with E-state index >= 15 is 4.79 Å². The zero-order valence-corrected chi connectivity index (χ0v) is 46.9. The maximum absolute atomic E-state index is 15.1. The molecule has 1 aliphatic heterocycles. The second kappa shape index (κ2) is 28.8. The molecule has 5 aromatic carbocycles. The third-order valence-electron chi connectivity index (χ3n) is 14.9. The lowest BCUT2D eigenvalue weighted by Gasteiger charge is -2.32. The molecule has 6 rings (SSSR count). The van der Waals surface area contributed by atoms with Crippen molar-refractivity contribution >= 4 is 41.2 Å². The van der Waals surface area contributed by atoms with E-state index in [0.717, 1.165) is 65.5 Å². The molecule has 4 amide bonds. The number of unbranched alkanes of at least 4 members (excludes halogenated alkanes) is 3.